The van der Waals surface area contributed by atoms with Gasteiger partial charge in [-0.25, -0.2) is 0 Å². The number of anilines is 1. The molecule has 0 bridgehead atoms. The number of alkyl halides is 3. The molecule has 1 aromatic rings. The third-order valence-electron chi connectivity index (χ3n) is 1.76. The van der Waals surface area contributed by atoms with Gasteiger partial charge in [-0.15, -0.1) is 0 Å². The van der Waals surface area contributed by atoms with Crippen LogP contribution in [0.1, 0.15) is 22.8 Å². The average Bonchev–Trinajstić information content (AvgIpc) is 2.01. The fourth-order valence-corrected chi connectivity index (χ4v) is 1.04. The molecule has 0 aliphatic heterocycles. The first-order valence-electron chi connectivity index (χ1n) is 3.80. The summed E-state index contributed by atoms with van der Waals surface area (Å²) in [4.78, 5) is 10.8. The molecule has 0 amide bonds. The number of halogens is 3. The molecule has 0 fully saturated rings. The summed E-state index contributed by atoms with van der Waals surface area (Å²) < 4.78 is 36.6. The normalized spacial score (nSPS) is 11.4. The first-order chi connectivity index (χ1) is 6.32. The van der Waals surface area contributed by atoms with Crippen molar-refractivity contribution < 1.29 is 18.0 Å². The molecule has 0 heterocycles. The van der Waals surface area contributed by atoms with Gasteiger partial charge in [0.05, 0.1) is 5.56 Å². The highest BCUT2D eigenvalue weighted by atomic mass is 19.4. The van der Waals surface area contributed by atoms with Crippen molar-refractivity contribution in [3.63, 3.8) is 0 Å². The van der Waals surface area contributed by atoms with E-state index in [9.17, 15) is 18.0 Å². The standard InChI is InChI=1S/C9H8F3NO/c1-5(14)6-2-3-7(8(13)4-6)9(10,11)12/h2-4H,13H2,1H3. The Morgan fingerprint density at radius 3 is 2.29 bits per heavy atom. The van der Waals surface area contributed by atoms with Gasteiger partial charge in [0.25, 0.3) is 0 Å². The molecule has 0 unspecified atom stereocenters. The molecule has 1 aromatic carbocycles. The number of benzene rings is 1. The quantitative estimate of drug-likeness (QED) is 0.562. The highest BCUT2D eigenvalue weighted by Crippen LogP contribution is 2.33. The molecule has 76 valence electrons. The van der Waals surface area contributed by atoms with Crippen molar-refractivity contribution in [2.75, 3.05) is 5.73 Å². The van der Waals surface area contributed by atoms with Gasteiger partial charge in [-0.1, -0.05) is 6.07 Å². The number of hydrogen-bond donors (Lipinski definition) is 1. The van der Waals surface area contributed by atoms with E-state index < -0.39 is 17.4 Å². The summed E-state index contributed by atoms with van der Waals surface area (Å²) in [5.41, 5.74) is 4.01. The summed E-state index contributed by atoms with van der Waals surface area (Å²) in [5.74, 6) is -0.314. The maximum atomic E-state index is 12.2. The van der Waals surface area contributed by atoms with Gasteiger partial charge in [0.1, 0.15) is 0 Å². The second kappa shape index (κ2) is 3.32. The van der Waals surface area contributed by atoms with Crippen LogP contribution in [0.2, 0.25) is 0 Å². The first-order valence-corrected chi connectivity index (χ1v) is 3.80. The van der Waals surface area contributed by atoms with Crippen LogP contribution in [0.3, 0.4) is 0 Å². The Morgan fingerprint density at radius 1 is 1.36 bits per heavy atom. The van der Waals surface area contributed by atoms with E-state index in [-0.39, 0.29) is 11.3 Å². The lowest BCUT2D eigenvalue weighted by molar-refractivity contribution is -0.136. The molecule has 1 rings (SSSR count). The van der Waals surface area contributed by atoms with E-state index in [4.69, 9.17) is 5.73 Å². The molecule has 0 saturated heterocycles. The van der Waals surface area contributed by atoms with Gasteiger partial charge in [-0.3, -0.25) is 4.79 Å². The molecule has 0 aromatic heterocycles. The zero-order chi connectivity index (χ0) is 10.9. The van der Waals surface area contributed by atoms with Gasteiger partial charge >= 0.3 is 6.18 Å². The van der Waals surface area contributed by atoms with Crippen molar-refractivity contribution in [2.45, 2.75) is 13.1 Å². The van der Waals surface area contributed by atoms with Crippen LogP contribution in [0.25, 0.3) is 0 Å². The van der Waals surface area contributed by atoms with Crippen LogP contribution in [0.5, 0.6) is 0 Å². The molecular formula is C9H8F3NO. The zero-order valence-corrected chi connectivity index (χ0v) is 7.35. The second-order valence-electron chi connectivity index (χ2n) is 2.86. The molecule has 0 spiro atoms. The summed E-state index contributed by atoms with van der Waals surface area (Å²) in [5, 5.41) is 0. The minimum atomic E-state index is -4.47. The van der Waals surface area contributed by atoms with Crippen LogP contribution in [0.4, 0.5) is 18.9 Å². The van der Waals surface area contributed by atoms with Gasteiger partial charge < -0.3 is 5.73 Å². The van der Waals surface area contributed by atoms with Gasteiger partial charge in [0.15, 0.2) is 5.78 Å². The Kier molecular flexibility index (Phi) is 2.51. The number of ketones is 1. The van der Waals surface area contributed by atoms with E-state index in [0.717, 1.165) is 18.2 Å². The summed E-state index contributed by atoms with van der Waals surface area (Å²) in [6, 6.07) is 2.96. The predicted octanol–water partition coefficient (Wildman–Crippen LogP) is 2.49. The van der Waals surface area contributed by atoms with Crippen molar-refractivity contribution in [2.24, 2.45) is 0 Å². The molecule has 2 N–H and O–H groups in total. The lowest BCUT2D eigenvalue weighted by Crippen LogP contribution is -2.09. The SMILES string of the molecule is CC(=O)c1ccc(C(F)(F)F)c(N)c1. The largest absolute Gasteiger partial charge is 0.418 e. The summed E-state index contributed by atoms with van der Waals surface area (Å²) in [6.07, 6.45) is -4.47. The molecule has 14 heavy (non-hydrogen) atoms. The lowest BCUT2D eigenvalue weighted by Gasteiger charge is -2.10. The fraction of sp³-hybridized carbons (Fsp3) is 0.222. The smallest absolute Gasteiger partial charge is 0.398 e. The third-order valence-corrected chi connectivity index (χ3v) is 1.76. The van der Waals surface area contributed by atoms with Crippen molar-refractivity contribution in [3.8, 4) is 0 Å². The number of Topliss-reactive ketones (excluding diaryl/α,β-unsaturated/α-hetero) is 1. The third kappa shape index (κ3) is 2.04. The van der Waals surface area contributed by atoms with E-state index in [1.807, 2.05) is 0 Å². The predicted molar refractivity (Wildman–Crippen MR) is 45.9 cm³/mol. The van der Waals surface area contributed by atoms with E-state index in [0.29, 0.717) is 0 Å². The topological polar surface area (TPSA) is 43.1 Å². The highest BCUT2D eigenvalue weighted by Gasteiger charge is 2.32. The van der Waals surface area contributed by atoms with Crippen LogP contribution in [0.15, 0.2) is 18.2 Å². The van der Waals surface area contributed by atoms with Crippen LogP contribution in [-0.2, 0) is 6.18 Å². The molecule has 0 atom stereocenters. The van der Waals surface area contributed by atoms with E-state index in [1.54, 1.807) is 0 Å². The number of nitrogens with two attached hydrogens (primary N) is 1. The number of carbonyl (C=O) groups excluding carboxylic acids is 1. The summed E-state index contributed by atoms with van der Waals surface area (Å²) in [7, 11) is 0. The van der Waals surface area contributed by atoms with Crippen molar-refractivity contribution in [3.05, 3.63) is 29.3 Å². The second-order valence-corrected chi connectivity index (χ2v) is 2.86. The van der Waals surface area contributed by atoms with Crippen LogP contribution >= 0.6 is 0 Å². The number of carbonyl (C=O) groups is 1. The van der Waals surface area contributed by atoms with Gasteiger partial charge in [0.2, 0.25) is 0 Å². The Balaban J connectivity index is 3.21. The monoisotopic (exact) mass is 203 g/mol. The minimum Gasteiger partial charge on any atom is -0.398 e. The van der Waals surface area contributed by atoms with E-state index in [1.165, 1.54) is 6.92 Å². The summed E-state index contributed by atoms with van der Waals surface area (Å²) >= 11 is 0. The molecule has 0 aliphatic carbocycles. The first kappa shape index (κ1) is 10.6. The molecular weight excluding hydrogens is 195 g/mol. The van der Waals surface area contributed by atoms with Crippen LogP contribution in [-0.4, -0.2) is 5.78 Å². The van der Waals surface area contributed by atoms with Crippen molar-refractivity contribution in [1.82, 2.24) is 0 Å². The lowest BCUT2D eigenvalue weighted by atomic mass is 10.1. The van der Waals surface area contributed by atoms with Gasteiger partial charge in [-0.2, -0.15) is 13.2 Å². The molecule has 2 nitrogen and oxygen atoms in total. The number of rotatable bonds is 1. The van der Waals surface area contributed by atoms with E-state index in [2.05, 4.69) is 0 Å². The number of hydrogen-bond acceptors (Lipinski definition) is 2. The average molecular weight is 203 g/mol. The van der Waals surface area contributed by atoms with Crippen LogP contribution in [0, 0.1) is 0 Å². The zero-order valence-electron chi connectivity index (χ0n) is 7.35. The molecule has 5 heteroatoms. The fourth-order valence-electron chi connectivity index (χ4n) is 1.04. The Labute approximate surface area is 78.5 Å². The van der Waals surface area contributed by atoms with Gasteiger partial charge in [0, 0.05) is 11.3 Å². The number of nitrogen functional groups attached to an aromatic ring is 1. The molecule has 0 saturated carbocycles. The Hall–Kier alpha value is -1.52. The van der Waals surface area contributed by atoms with Gasteiger partial charge in [-0.05, 0) is 19.1 Å². The Morgan fingerprint density at radius 2 is 1.93 bits per heavy atom. The van der Waals surface area contributed by atoms with Crippen LogP contribution < -0.4 is 5.73 Å². The summed E-state index contributed by atoms with van der Waals surface area (Å²) in [6.45, 7) is 1.27. The minimum absolute atomic E-state index is 0.176. The molecule has 0 radical (unpaired) electrons. The van der Waals surface area contributed by atoms with Crippen molar-refractivity contribution >= 4 is 11.5 Å². The highest BCUT2D eigenvalue weighted by molar-refractivity contribution is 5.95. The maximum absolute atomic E-state index is 12.2. The maximum Gasteiger partial charge on any atom is 0.418 e. The van der Waals surface area contributed by atoms with E-state index >= 15 is 0 Å². The van der Waals surface area contributed by atoms with Crippen molar-refractivity contribution in [1.29, 1.82) is 0 Å². The molecule has 0 aliphatic rings. The Bertz CT molecular complexity index is 371.